The molecule has 1 atom stereocenters. The molecule has 0 aliphatic carbocycles. The van der Waals surface area contributed by atoms with Gasteiger partial charge in [-0.15, -0.1) is 0 Å². The number of benzene rings is 1. The van der Waals surface area contributed by atoms with Gasteiger partial charge in [-0.05, 0) is 67.3 Å². The first kappa shape index (κ1) is 15.7. The van der Waals surface area contributed by atoms with Crippen molar-refractivity contribution in [3.05, 3.63) is 80.0 Å². The van der Waals surface area contributed by atoms with Gasteiger partial charge in [0.25, 0.3) is 0 Å². The Balaban J connectivity index is 2.24. The maximum Gasteiger partial charge on any atom is 0.173 e. The molecule has 112 valence electrons. The van der Waals surface area contributed by atoms with E-state index in [1.807, 2.05) is 0 Å². The van der Waals surface area contributed by atoms with Gasteiger partial charge >= 0.3 is 0 Å². The zero-order valence-electron chi connectivity index (χ0n) is 11.1. The van der Waals surface area contributed by atoms with Crippen molar-refractivity contribution >= 4 is 43.5 Å². The third-order valence-corrected chi connectivity index (χ3v) is 5.25. The summed E-state index contributed by atoms with van der Waals surface area (Å²) in [5.74, 6) is 0.389. The molecule has 0 amide bonds. The van der Waals surface area contributed by atoms with Gasteiger partial charge in [-0.2, -0.15) is 0 Å². The molecular formula is C15H10Br2ClN3O. The molecule has 0 saturated heterocycles. The number of hydrogen-bond donors (Lipinski definition) is 2. The van der Waals surface area contributed by atoms with E-state index in [9.17, 15) is 5.11 Å². The zero-order chi connectivity index (χ0) is 15.7. The van der Waals surface area contributed by atoms with E-state index in [0.717, 1.165) is 0 Å². The second-order valence-corrected chi connectivity index (χ2v) is 6.62. The van der Waals surface area contributed by atoms with Gasteiger partial charge in [0, 0.05) is 17.4 Å². The standard InChI is InChI=1S/C15H10Br2ClN3O/c16-12-13(17)21-14(20-12)15(22,10-5-7-19-8-6-10)9-1-3-11(18)4-2-9/h1-8,22H,(H,20,21). The summed E-state index contributed by atoms with van der Waals surface area (Å²) in [7, 11) is 0. The predicted octanol–water partition coefficient (Wildman–Crippen LogP) is 4.27. The van der Waals surface area contributed by atoms with Crippen molar-refractivity contribution in [1.82, 2.24) is 15.0 Å². The smallest absolute Gasteiger partial charge is 0.173 e. The average molecular weight is 444 g/mol. The Kier molecular flexibility index (Phi) is 4.36. The van der Waals surface area contributed by atoms with Crippen molar-refractivity contribution < 1.29 is 5.11 Å². The van der Waals surface area contributed by atoms with Gasteiger partial charge in [-0.25, -0.2) is 4.98 Å². The van der Waals surface area contributed by atoms with Crippen molar-refractivity contribution in [2.75, 3.05) is 0 Å². The SMILES string of the molecule is OC(c1ccncc1)(c1ccc(Cl)cc1)c1nc(Br)c(Br)[nH]1. The van der Waals surface area contributed by atoms with Crippen LogP contribution in [0, 0.1) is 0 Å². The number of halogens is 3. The largest absolute Gasteiger partial charge is 0.373 e. The minimum Gasteiger partial charge on any atom is -0.373 e. The summed E-state index contributed by atoms with van der Waals surface area (Å²) < 4.78 is 1.24. The number of imidazole rings is 1. The molecule has 3 aromatic rings. The van der Waals surface area contributed by atoms with Crippen LogP contribution in [0.3, 0.4) is 0 Å². The molecule has 0 aliphatic rings. The Morgan fingerprint density at radius 3 is 2.14 bits per heavy atom. The Hall–Kier alpha value is -1.21. The third kappa shape index (κ3) is 2.72. The van der Waals surface area contributed by atoms with Crippen LogP contribution in [0.4, 0.5) is 0 Å². The van der Waals surface area contributed by atoms with E-state index in [1.54, 1.807) is 48.8 Å². The van der Waals surface area contributed by atoms with Crippen molar-refractivity contribution in [2.45, 2.75) is 5.60 Å². The molecule has 4 nitrogen and oxygen atoms in total. The Bertz CT molecular complexity index is 773. The Labute approximate surface area is 148 Å². The van der Waals surface area contributed by atoms with Crippen LogP contribution >= 0.6 is 43.5 Å². The molecule has 0 bridgehead atoms. The molecule has 1 aromatic carbocycles. The average Bonchev–Trinajstić information content (AvgIpc) is 2.88. The van der Waals surface area contributed by atoms with Gasteiger partial charge in [0.1, 0.15) is 15.0 Å². The minimum absolute atomic E-state index is 0.389. The quantitative estimate of drug-likeness (QED) is 0.636. The van der Waals surface area contributed by atoms with E-state index in [0.29, 0.717) is 31.2 Å². The number of hydrogen-bond acceptors (Lipinski definition) is 3. The lowest BCUT2D eigenvalue weighted by Gasteiger charge is -2.27. The molecule has 2 heterocycles. The van der Waals surface area contributed by atoms with Crippen LogP contribution in [0.25, 0.3) is 0 Å². The second kappa shape index (κ2) is 6.12. The first-order valence-electron chi connectivity index (χ1n) is 6.32. The number of aromatic nitrogens is 3. The van der Waals surface area contributed by atoms with E-state index in [2.05, 4.69) is 46.8 Å². The summed E-state index contributed by atoms with van der Waals surface area (Å²) in [5, 5.41) is 12.0. The Morgan fingerprint density at radius 1 is 1.00 bits per heavy atom. The van der Waals surface area contributed by atoms with Gasteiger partial charge < -0.3 is 10.1 Å². The first-order valence-corrected chi connectivity index (χ1v) is 8.28. The van der Waals surface area contributed by atoms with Crippen LogP contribution in [0.5, 0.6) is 0 Å². The van der Waals surface area contributed by atoms with Gasteiger partial charge in [0.2, 0.25) is 0 Å². The lowest BCUT2D eigenvalue weighted by molar-refractivity contribution is 0.116. The van der Waals surface area contributed by atoms with Crippen molar-refractivity contribution in [1.29, 1.82) is 0 Å². The van der Waals surface area contributed by atoms with Crippen LogP contribution in [0.15, 0.2) is 58.0 Å². The predicted molar refractivity (Wildman–Crippen MR) is 91.8 cm³/mol. The van der Waals surface area contributed by atoms with Crippen LogP contribution < -0.4 is 0 Å². The lowest BCUT2D eigenvalue weighted by Crippen LogP contribution is -2.30. The maximum absolute atomic E-state index is 11.4. The zero-order valence-corrected chi connectivity index (χ0v) is 15.0. The molecule has 22 heavy (non-hydrogen) atoms. The van der Waals surface area contributed by atoms with E-state index in [1.165, 1.54) is 0 Å². The molecular weight excluding hydrogens is 433 g/mol. The minimum atomic E-state index is -1.44. The Morgan fingerprint density at radius 2 is 1.59 bits per heavy atom. The normalized spacial score (nSPS) is 13.8. The molecule has 0 spiro atoms. The number of aromatic amines is 1. The fourth-order valence-electron chi connectivity index (χ4n) is 2.23. The van der Waals surface area contributed by atoms with Crippen LogP contribution in [0.2, 0.25) is 5.02 Å². The lowest BCUT2D eigenvalue weighted by atomic mass is 9.86. The van der Waals surface area contributed by atoms with Gasteiger partial charge in [0.15, 0.2) is 5.60 Å². The number of nitrogens with one attached hydrogen (secondary N) is 1. The first-order chi connectivity index (χ1) is 10.5. The monoisotopic (exact) mass is 441 g/mol. The highest BCUT2D eigenvalue weighted by molar-refractivity contribution is 9.13. The van der Waals surface area contributed by atoms with Gasteiger partial charge in [0.05, 0.1) is 0 Å². The van der Waals surface area contributed by atoms with E-state index in [-0.39, 0.29) is 0 Å². The van der Waals surface area contributed by atoms with Crippen LogP contribution in [-0.2, 0) is 5.60 Å². The van der Waals surface area contributed by atoms with Crippen LogP contribution in [0.1, 0.15) is 17.0 Å². The number of rotatable bonds is 3. The molecule has 0 saturated carbocycles. The van der Waals surface area contributed by atoms with Crippen molar-refractivity contribution in [2.24, 2.45) is 0 Å². The highest BCUT2D eigenvalue weighted by atomic mass is 79.9. The highest BCUT2D eigenvalue weighted by Gasteiger charge is 2.37. The molecule has 7 heteroatoms. The molecule has 1 unspecified atom stereocenters. The second-order valence-electron chi connectivity index (χ2n) is 4.64. The highest BCUT2D eigenvalue weighted by Crippen LogP contribution is 2.37. The molecule has 0 aliphatic heterocycles. The molecule has 0 radical (unpaired) electrons. The summed E-state index contributed by atoms with van der Waals surface area (Å²) in [6.45, 7) is 0. The van der Waals surface area contributed by atoms with Gasteiger partial charge in [-0.1, -0.05) is 23.7 Å². The van der Waals surface area contributed by atoms with Crippen molar-refractivity contribution in [3.8, 4) is 0 Å². The summed E-state index contributed by atoms with van der Waals surface area (Å²) in [4.78, 5) is 11.4. The molecule has 3 rings (SSSR count). The fourth-order valence-corrected chi connectivity index (χ4v) is 2.91. The summed E-state index contributed by atoms with van der Waals surface area (Å²) in [6.07, 6.45) is 3.26. The van der Waals surface area contributed by atoms with E-state index in [4.69, 9.17) is 11.6 Å². The maximum atomic E-state index is 11.4. The van der Waals surface area contributed by atoms with Crippen LogP contribution in [-0.4, -0.2) is 20.1 Å². The fraction of sp³-hybridized carbons (Fsp3) is 0.0667. The summed E-state index contributed by atoms with van der Waals surface area (Å²) in [6, 6.07) is 10.5. The molecule has 2 aromatic heterocycles. The third-order valence-electron chi connectivity index (χ3n) is 3.32. The number of pyridine rings is 1. The number of nitrogens with zero attached hydrogens (tertiary/aromatic N) is 2. The number of H-pyrrole nitrogens is 1. The molecule has 0 fully saturated rings. The number of aliphatic hydroxyl groups is 1. The molecule has 2 N–H and O–H groups in total. The van der Waals surface area contributed by atoms with E-state index >= 15 is 0 Å². The van der Waals surface area contributed by atoms with E-state index < -0.39 is 5.60 Å². The van der Waals surface area contributed by atoms with Crippen molar-refractivity contribution in [3.63, 3.8) is 0 Å². The topological polar surface area (TPSA) is 61.8 Å². The summed E-state index contributed by atoms with van der Waals surface area (Å²) in [5.41, 5.74) is -0.141. The van der Waals surface area contributed by atoms with Gasteiger partial charge in [-0.3, -0.25) is 4.98 Å². The summed E-state index contributed by atoms with van der Waals surface area (Å²) >= 11 is 12.6.